The number of sulfonamides is 1. The number of nitrogens with zero attached hydrogens (tertiary/aromatic N) is 2. The first-order chi connectivity index (χ1) is 12.4. The molecule has 0 N–H and O–H groups in total. The summed E-state index contributed by atoms with van der Waals surface area (Å²) in [5.41, 5.74) is 1.19. The van der Waals surface area contributed by atoms with Crippen LogP contribution in [0.25, 0.3) is 0 Å². The van der Waals surface area contributed by atoms with Crippen molar-refractivity contribution in [2.24, 2.45) is 0 Å². The summed E-state index contributed by atoms with van der Waals surface area (Å²) in [6, 6.07) is 7.72. The fraction of sp³-hybridized carbons (Fsp3) is 0.294. The number of aromatic nitrogens is 1. The Morgan fingerprint density at radius 2 is 1.92 bits per heavy atom. The Labute approximate surface area is 157 Å². The number of rotatable bonds is 8. The molecule has 2 rings (SSSR count). The Hall–Kier alpha value is -2.00. The highest BCUT2D eigenvalue weighted by Gasteiger charge is 2.25. The smallest absolute Gasteiger partial charge is 0.338 e. The van der Waals surface area contributed by atoms with Crippen LogP contribution in [0.4, 0.5) is 0 Å². The first-order valence-electron chi connectivity index (χ1n) is 7.75. The molecule has 0 aliphatic carbocycles. The molecule has 0 saturated heterocycles. The molecular formula is C17H19ClN2O5S. The lowest BCUT2D eigenvalue weighted by molar-refractivity contribution is -0.0258. The second-order valence-corrected chi connectivity index (χ2v) is 7.65. The van der Waals surface area contributed by atoms with Crippen LogP contribution in [0.15, 0.2) is 47.6 Å². The van der Waals surface area contributed by atoms with E-state index in [1.165, 1.54) is 32.4 Å². The fourth-order valence-electron chi connectivity index (χ4n) is 2.14. The highest BCUT2D eigenvalue weighted by molar-refractivity contribution is 7.89. The first-order valence-corrected chi connectivity index (χ1v) is 9.56. The molecule has 7 nitrogen and oxygen atoms in total. The molecule has 0 fully saturated rings. The summed E-state index contributed by atoms with van der Waals surface area (Å²) in [4.78, 5) is 20.6. The summed E-state index contributed by atoms with van der Waals surface area (Å²) < 4.78 is 30.5. The third-order valence-electron chi connectivity index (χ3n) is 3.63. The van der Waals surface area contributed by atoms with Gasteiger partial charge in [0.25, 0.3) is 10.0 Å². The fourth-order valence-corrected chi connectivity index (χ4v) is 3.61. The lowest BCUT2D eigenvalue weighted by atomic mass is 10.1. The van der Waals surface area contributed by atoms with Crippen molar-refractivity contribution in [3.05, 3.63) is 58.9 Å². The molecule has 0 spiro atoms. The van der Waals surface area contributed by atoms with Gasteiger partial charge >= 0.3 is 5.97 Å². The maximum atomic E-state index is 12.3. The predicted molar refractivity (Wildman–Crippen MR) is 96.3 cm³/mol. The van der Waals surface area contributed by atoms with Crippen molar-refractivity contribution in [1.29, 1.82) is 0 Å². The molecule has 0 amide bonds. The van der Waals surface area contributed by atoms with Gasteiger partial charge in [0, 0.05) is 19.4 Å². The zero-order chi connectivity index (χ0) is 19.2. The van der Waals surface area contributed by atoms with Gasteiger partial charge in [-0.1, -0.05) is 16.1 Å². The highest BCUT2D eigenvalue weighted by atomic mass is 35.5. The van der Waals surface area contributed by atoms with E-state index in [4.69, 9.17) is 21.2 Å². The number of carbonyl (C=O) groups excluding carboxylic acids is 1. The summed E-state index contributed by atoms with van der Waals surface area (Å²) in [5, 5.41) is -0.0110. The number of pyridine rings is 1. The Morgan fingerprint density at radius 1 is 1.23 bits per heavy atom. The largest absolute Gasteiger partial charge is 0.462 e. The Balaban J connectivity index is 2.02. The molecule has 9 heteroatoms. The van der Waals surface area contributed by atoms with E-state index in [-0.39, 0.29) is 22.1 Å². The van der Waals surface area contributed by atoms with Crippen LogP contribution in [0, 0.1) is 0 Å². The van der Waals surface area contributed by atoms with E-state index >= 15 is 0 Å². The van der Waals surface area contributed by atoms with E-state index in [1.54, 1.807) is 12.4 Å². The van der Waals surface area contributed by atoms with Crippen LogP contribution in [-0.2, 0) is 26.0 Å². The minimum Gasteiger partial charge on any atom is -0.462 e. The minimum atomic E-state index is -3.97. The number of hydrogen-bond donors (Lipinski definition) is 0. The van der Waals surface area contributed by atoms with Gasteiger partial charge in [0.05, 0.1) is 24.3 Å². The minimum absolute atomic E-state index is 0.0110. The van der Waals surface area contributed by atoms with Crippen molar-refractivity contribution in [2.45, 2.75) is 17.7 Å². The number of aryl methyl sites for hydroxylation is 1. The summed E-state index contributed by atoms with van der Waals surface area (Å²) >= 11 is 5.96. The van der Waals surface area contributed by atoms with Gasteiger partial charge in [-0.15, -0.1) is 0 Å². The lowest BCUT2D eigenvalue weighted by Gasteiger charge is -2.15. The van der Waals surface area contributed by atoms with E-state index in [9.17, 15) is 13.2 Å². The van der Waals surface area contributed by atoms with Crippen LogP contribution >= 0.6 is 11.6 Å². The van der Waals surface area contributed by atoms with Crippen molar-refractivity contribution in [3.8, 4) is 0 Å². The topological polar surface area (TPSA) is 85.8 Å². The van der Waals surface area contributed by atoms with Gasteiger partial charge in [0.15, 0.2) is 0 Å². The molecule has 0 saturated carbocycles. The number of benzene rings is 1. The second kappa shape index (κ2) is 9.09. The van der Waals surface area contributed by atoms with Crippen LogP contribution in [0.2, 0.25) is 5.02 Å². The Bertz CT molecular complexity index is 859. The summed E-state index contributed by atoms with van der Waals surface area (Å²) in [7, 11) is -1.52. The average molecular weight is 399 g/mol. The zero-order valence-electron chi connectivity index (χ0n) is 14.4. The number of halogens is 1. The molecule has 0 aliphatic heterocycles. The average Bonchev–Trinajstić information content (AvgIpc) is 2.65. The zero-order valence-corrected chi connectivity index (χ0v) is 16.0. The van der Waals surface area contributed by atoms with Gasteiger partial charge in [0.2, 0.25) is 0 Å². The normalized spacial score (nSPS) is 11.5. The molecule has 1 aromatic heterocycles. The maximum absolute atomic E-state index is 12.3. The number of hydroxylamine groups is 1. The molecule has 0 bridgehead atoms. The van der Waals surface area contributed by atoms with Gasteiger partial charge in [0.1, 0.15) is 4.90 Å². The quantitative estimate of drug-likeness (QED) is 0.386. The molecule has 1 aromatic carbocycles. The van der Waals surface area contributed by atoms with Gasteiger partial charge < -0.3 is 4.74 Å². The maximum Gasteiger partial charge on any atom is 0.338 e. The molecule has 2 aromatic rings. The SMILES string of the molecule is CON(C)S(=O)(=O)c1cc(C(=O)OCCCc2ccncc2)ccc1Cl. The van der Waals surface area contributed by atoms with E-state index in [0.717, 1.165) is 12.0 Å². The van der Waals surface area contributed by atoms with Crippen molar-refractivity contribution in [2.75, 3.05) is 20.8 Å². The number of esters is 1. The molecule has 0 aliphatic rings. The predicted octanol–water partition coefficient (Wildman–Crippen LogP) is 2.71. The third-order valence-corrected chi connectivity index (χ3v) is 5.79. The second-order valence-electron chi connectivity index (χ2n) is 5.34. The standard InChI is InChI=1S/C17H19ClN2O5S/c1-20(24-2)26(22,23)16-12-14(5-6-15(16)18)17(21)25-11-3-4-13-7-9-19-10-8-13/h5-10,12H,3-4,11H2,1-2H3. The summed E-state index contributed by atoms with van der Waals surface area (Å²) in [5.74, 6) is -0.618. The molecule has 0 radical (unpaired) electrons. The first kappa shape index (κ1) is 20.3. The van der Waals surface area contributed by atoms with E-state index < -0.39 is 16.0 Å². The molecular weight excluding hydrogens is 380 g/mol. The van der Waals surface area contributed by atoms with Gasteiger partial charge in [-0.2, -0.15) is 0 Å². The van der Waals surface area contributed by atoms with Crippen molar-refractivity contribution in [3.63, 3.8) is 0 Å². The van der Waals surface area contributed by atoms with E-state index in [1.807, 2.05) is 12.1 Å². The van der Waals surface area contributed by atoms with Crippen LogP contribution in [0.1, 0.15) is 22.3 Å². The number of hydrogen-bond acceptors (Lipinski definition) is 6. The van der Waals surface area contributed by atoms with Gasteiger partial charge in [-0.3, -0.25) is 9.82 Å². The lowest BCUT2D eigenvalue weighted by Crippen LogP contribution is -2.26. The molecule has 0 atom stereocenters. The molecule has 0 unspecified atom stereocenters. The monoisotopic (exact) mass is 398 g/mol. The molecule has 1 heterocycles. The van der Waals surface area contributed by atoms with Gasteiger partial charge in [-0.05, 0) is 48.7 Å². The van der Waals surface area contributed by atoms with Crippen LogP contribution < -0.4 is 0 Å². The summed E-state index contributed by atoms with van der Waals surface area (Å²) in [6.07, 6.45) is 4.79. The van der Waals surface area contributed by atoms with E-state index in [2.05, 4.69) is 4.98 Å². The Morgan fingerprint density at radius 3 is 2.58 bits per heavy atom. The van der Waals surface area contributed by atoms with Crippen LogP contribution in [0.5, 0.6) is 0 Å². The molecule has 140 valence electrons. The third kappa shape index (κ3) is 5.01. The van der Waals surface area contributed by atoms with Crippen LogP contribution in [0.3, 0.4) is 0 Å². The van der Waals surface area contributed by atoms with Crippen molar-refractivity contribution in [1.82, 2.24) is 9.45 Å². The van der Waals surface area contributed by atoms with Crippen molar-refractivity contribution >= 4 is 27.6 Å². The Kier molecular flexibility index (Phi) is 7.10. The molecule has 26 heavy (non-hydrogen) atoms. The highest BCUT2D eigenvalue weighted by Crippen LogP contribution is 2.25. The van der Waals surface area contributed by atoms with Crippen LogP contribution in [-0.4, -0.2) is 44.6 Å². The van der Waals surface area contributed by atoms with E-state index in [0.29, 0.717) is 10.9 Å². The summed E-state index contributed by atoms with van der Waals surface area (Å²) in [6.45, 7) is 0.212. The number of ether oxygens (including phenoxy) is 1. The number of carbonyl (C=O) groups is 1. The van der Waals surface area contributed by atoms with Crippen molar-refractivity contribution < 1.29 is 22.8 Å². The van der Waals surface area contributed by atoms with Gasteiger partial charge in [-0.25, -0.2) is 13.2 Å².